The summed E-state index contributed by atoms with van der Waals surface area (Å²) in [5.41, 5.74) is 0.370. The lowest BCUT2D eigenvalue weighted by Gasteiger charge is -2.41. The van der Waals surface area contributed by atoms with Gasteiger partial charge in [-0.2, -0.15) is 0 Å². The molecule has 1 aliphatic rings. The normalized spacial score (nSPS) is 23.8. The van der Waals surface area contributed by atoms with Gasteiger partial charge in [0.2, 0.25) is 0 Å². The van der Waals surface area contributed by atoms with E-state index in [1.165, 1.54) is 32.1 Å². The average Bonchev–Trinajstić information content (AvgIpc) is 2.18. The van der Waals surface area contributed by atoms with Crippen LogP contribution in [0.2, 0.25) is 0 Å². The minimum Gasteiger partial charge on any atom is -0.396 e. The van der Waals surface area contributed by atoms with Gasteiger partial charge in [-0.05, 0) is 30.6 Å². The molecule has 1 rings (SSSR count). The summed E-state index contributed by atoms with van der Waals surface area (Å²) in [6.45, 7) is 6.34. The smallest absolute Gasteiger partial charge is 0.0462 e. The first-order valence-corrected chi connectivity index (χ1v) is 5.47. The van der Waals surface area contributed by atoms with Gasteiger partial charge in [-0.1, -0.05) is 32.3 Å². The Bertz CT molecular complexity index is 157. The molecule has 0 saturated heterocycles. The molecule has 13 heavy (non-hydrogen) atoms. The molecule has 0 aromatic rings. The first-order chi connectivity index (χ1) is 6.25. The van der Waals surface area contributed by atoms with Crippen LogP contribution in [0.1, 0.15) is 45.4 Å². The van der Waals surface area contributed by atoms with Crippen LogP contribution in [0, 0.1) is 11.3 Å². The summed E-state index contributed by atoms with van der Waals surface area (Å²) in [6.07, 6.45) is 9.70. The number of hydrogen-bond donors (Lipinski definition) is 1. The van der Waals surface area contributed by atoms with E-state index in [0.29, 0.717) is 17.9 Å². The molecule has 0 aromatic carbocycles. The lowest BCUT2D eigenvalue weighted by atomic mass is 9.65. The monoisotopic (exact) mass is 182 g/mol. The second kappa shape index (κ2) is 4.80. The molecule has 0 spiro atoms. The highest BCUT2D eigenvalue weighted by Crippen LogP contribution is 2.45. The molecule has 0 aromatic heterocycles. The number of aliphatic hydroxyl groups excluding tert-OH is 1. The SMILES string of the molecule is C=CCC1(C(C)CO)CCCCC1. The van der Waals surface area contributed by atoms with Gasteiger partial charge in [0.25, 0.3) is 0 Å². The van der Waals surface area contributed by atoms with Gasteiger partial charge in [0.05, 0.1) is 0 Å². The lowest BCUT2D eigenvalue weighted by molar-refractivity contribution is 0.0628. The summed E-state index contributed by atoms with van der Waals surface area (Å²) in [5, 5.41) is 9.24. The quantitative estimate of drug-likeness (QED) is 0.662. The van der Waals surface area contributed by atoms with Crippen molar-refractivity contribution in [3.8, 4) is 0 Å². The molecule has 1 saturated carbocycles. The number of allylic oxidation sites excluding steroid dienone is 1. The van der Waals surface area contributed by atoms with Crippen LogP contribution in [0.5, 0.6) is 0 Å². The van der Waals surface area contributed by atoms with Crippen LogP contribution < -0.4 is 0 Å². The highest BCUT2D eigenvalue weighted by Gasteiger charge is 2.35. The van der Waals surface area contributed by atoms with E-state index < -0.39 is 0 Å². The van der Waals surface area contributed by atoms with E-state index in [4.69, 9.17) is 0 Å². The van der Waals surface area contributed by atoms with Crippen molar-refractivity contribution in [1.29, 1.82) is 0 Å². The molecule has 1 atom stereocenters. The van der Waals surface area contributed by atoms with Crippen LogP contribution in [0.25, 0.3) is 0 Å². The molecule has 0 aliphatic heterocycles. The molecule has 0 amide bonds. The third-order valence-electron chi connectivity index (χ3n) is 3.72. The van der Waals surface area contributed by atoms with E-state index in [9.17, 15) is 5.11 Å². The molecule has 1 heteroatoms. The van der Waals surface area contributed by atoms with Crippen LogP contribution in [0.3, 0.4) is 0 Å². The van der Waals surface area contributed by atoms with Crippen molar-refractivity contribution >= 4 is 0 Å². The van der Waals surface area contributed by atoms with E-state index in [-0.39, 0.29) is 0 Å². The Morgan fingerprint density at radius 3 is 2.46 bits per heavy atom. The molecule has 0 bridgehead atoms. The Kier molecular flexibility index (Phi) is 3.98. The summed E-state index contributed by atoms with van der Waals surface area (Å²) in [5.74, 6) is 0.436. The van der Waals surface area contributed by atoms with Crippen molar-refractivity contribution in [1.82, 2.24) is 0 Å². The van der Waals surface area contributed by atoms with Gasteiger partial charge in [0, 0.05) is 6.61 Å². The summed E-state index contributed by atoms with van der Waals surface area (Å²) in [7, 11) is 0. The molecule has 0 heterocycles. The average molecular weight is 182 g/mol. The standard InChI is InChI=1S/C12H22O/c1-3-7-12(11(2)10-13)8-5-4-6-9-12/h3,11,13H,1,4-10H2,2H3. The first kappa shape index (κ1) is 10.8. The summed E-state index contributed by atoms with van der Waals surface area (Å²) < 4.78 is 0. The van der Waals surface area contributed by atoms with Crippen LogP contribution in [0.15, 0.2) is 12.7 Å². The Morgan fingerprint density at radius 1 is 1.38 bits per heavy atom. The number of rotatable bonds is 4. The highest BCUT2D eigenvalue weighted by atomic mass is 16.3. The van der Waals surface area contributed by atoms with E-state index in [2.05, 4.69) is 13.5 Å². The molecule has 76 valence electrons. The second-order valence-electron chi connectivity index (χ2n) is 4.50. The van der Waals surface area contributed by atoms with Gasteiger partial charge in [0.15, 0.2) is 0 Å². The largest absolute Gasteiger partial charge is 0.396 e. The zero-order valence-corrected chi connectivity index (χ0v) is 8.76. The first-order valence-electron chi connectivity index (χ1n) is 5.47. The minimum absolute atomic E-state index is 0.327. The fourth-order valence-corrected chi connectivity index (χ4v) is 2.64. The third-order valence-corrected chi connectivity index (χ3v) is 3.72. The Labute approximate surface area is 81.9 Å². The minimum atomic E-state index is 0.327. The molecule has 1 aliphatic carbocycles. The van der Waals surface area contributed by atoms with Crippen LogP contribution in [0.4, 0.5) is 0 Å². The van der Waals surface area contributed by atoms with Crippen molar-refractivity contribution in [3.63, 3.8) is 0 Å². The van der Waals surface area contributed by atoms with E-state index in [1.807, 2.05) is 6.08 Å². The van der Waals surface area contributed by atoms with Crippen LogP contribution >= 0.6 is 0 Å². The van der Waals surface area contributed by atoms with E-state index in [1.54, 1.807) is 0 Å². The third kappa shape index (κ3) is 2.34. The summed E-state index contributed by atoms with van der Waals surface area (Å²) in [4.78, 5) is 0. The molecule has 1 nitrogen and oxygen atoms in total. The number of hydrogen-bond acceptors (Lipinski definition) is 1. The van der Waals surface area contributed by atoms with E-state index in [0.717, 1.165) is 6.42 Å². The van der Waals surface area contributed by atoms with Crippen molar-refractivity contribution in [3.05, 3.63) is 12.7 Å². The van der Waals surface area contributed by atoms with Gasteiger partial charge >= 0.3 is 0 Å². The predicted molar refractivity (Wildman–Crippen MR) is 56.6 cm³/mol. The molecule has 0 radical (unpaired) electrons. The van der Waals surface area contributed by atoms with Gasteiger partial charge in [-0.3, -0.25) is 0 Å². The number of aliphatic hydroxyl groups is 1. The van der Waals surface area contributed by atoms with Gasteiger partial charge in [-0.25, -0.2) is 0 Å². The van der Waals surface area contributed by atoms with Crippen molar-refractivity contribution in [2.45, 2.75) is 45.4 Å². The van der Waals surface area contributed by atoms with Gasteiger partial charge < -0.3 is 5.11 Å². The predicted octanol–water partition coefficient (Wildman–Crippen LogP) is 3.14. The summed E-state index contributed by atoms with van der Waals surface area (Å²) >= 11 is 0. The molecule has 1 fully saturated rings. The fraction of sp³-hybridized carbons (Fsp3) is 0.833. The van der Waals surface area contributed by atoms with Gasteiger partial charge in [-0.15, -0.1) is 6.58 Å². The highest BCUT2D eigenvalue weighted by molar-refractivity contribution is 4.92. The van der Waals surface area contributed by atoms with Gasteiger partial charge in [0.1, 0.15) is 0 Å². The van der Waals surface area contributed by atoms with Crippen molar-refractivity contribution in [2.75, 3.05) is 6.61 Å². The molecule has 1 N–H and O–H groups in total. The Hall–Kier alpha value is -0.300. The Balaban J connectivity index is 2.65. The lowest BCUT2D eigenvalue weighted by Crippen LogP contribution is -2.33. The summed E-state index contributed by atoms with van der Waals surface area (Å²) in [6, 6.07) is 0. The van der Waals surface area contributed by atoms with Crippen LogP contribution in [-0.4, -0.2) is 11.7 Å². The fourth-order valence-electron chi connectivity index (χ4n) is 2.64. The maximum Gasteiger partial charge on any atom is 0.0462 e. The maximum atomic E-state index is 9.24. The molecular formula is C12H22O. The zero-order chi connectivity index (χ0) is 9.73. The van der Waals surface area contributed by atoms with Crippen molar-refractivity contribution in [2.24, 2.45) is 11.3 Å². The van der Waals surface area contributed by atoms with Crippen molar-refractivity contribution < 1.29 is 5.11 Å². The molecular weight excluding hydrogens is 160 g/mol. The van der Waals surface area contributed by atoms with Crippen LogP contribution in [-0.2, 0) is 0 Å². The Morgan fingerprint density at radius 2 is 2.00 bits per heavy atom. The topological polar surface area (TPSA) is 20.2 Å². The maximum absolute atomic E-state index is 9.24. The van der Waals surface area contributed by atoms with E-state index >= 15 is 0 Å². The zero-order valence-electron chi connectivity index (χ0n) is 8.76. The second-order valence-corrected chi connectivity index (χ2v) is 4.50. The molecule has 1 unspecified atom stereocenters.